The van der Waals surface area contributed by atoms with Gasteiger partial charge in [-0.25, -0.2) is 5.01 Å². The molecule has 1 rings (SSSR count). The third-order valence-electron chi connectivity index (χ3n) is 3.17. The third-order valence-corrected chi connectivity index (χ3v) is 3.17. The second-order valence-electron chi connectivity index (χ2n) is 5.42. The molecule has 0 radical (unpaired) electrons. The maximum atomic E-state index is 11.9. The Bertz CT molecular complexity index is 619. The predicted molar refractivity (Wildman–Crippen MR) is 96.0 cm³/mol. The van der Waals surface area contributed by atoms with E-state index in [4.69, 9.17) is 6.42 Å². The summed E-state index contributed by atoms with van der Waals surface area (Å²) in [5.74, 6) is 2.31. The van der Waals surface area contributed by atoms with E-state index in [1.807, 2.05) is 33.8 Å². The SMILES string of the molecule is C#CC(=C)/C=C\C(C)NC(=O)C/C=N\N1C(C)=CC(C)=NC1C. The van der Waals surface area contributed by atoms with E-state index >= 15 is 0 Å². The topological polar surface area (TPSA) is 57.1 Å². The molecule has 0 saturated carbocycles. The molecule has 1 aliphatic heterocycles. The predicted octanol–water partition coefficient (Wildman–Crippen LogP) is 2.64. The maximum absolute atomic E-state index is 11.9. The van der Waals surface area contributed by atoms with E-state index in [-0.39, 0.29) is 24.5 Å². The summed E-state index contributed by atoms with van der Waals surface area (Å²) in [7, 11) is 0. The first-order chi connectivity index (χ1) is 10.8. The molecule has 0 aromatic heterocycles. The van der Waals surface area contributed by atoms with Crippen LogP contribution < -0.4 is 5.32 Å². The van der Waals surface area contributed by atoms with Crippen molar-refractivity contribution in [1.29, 1.82) is 0 Å². The molecular weight excluding hydrogens is 288 g/mol. The number of nitrogens with one attached hydrogen (secondary N) is 1. The van der Waals surface area contributed by atoms with Crippen LogP contribution in [0, 0.1) is 12.3 Å². The number of terminal acetylenes is 1. The highest BCUT2D eigenvalue weighted by molar-refractivity contribution is 5.94. The van der Waals surface area contributed by atoms with Crippen LogP contribution >= 0.6 is 0 Å². The Kier molecular flexibility index (Phi) is 7.01. The first-order valence-electron chi connectivity index (χ1n) is 7.51. The molecule has 23 heavy (non-hydrogen) atoms. The van der Waals surface area contributed by atoms with Crippen LogP contribution in [-0.2, 0) is 4.79 Å². The Morgan fingerprint density at radius 3 is 2.96 bits per heavy atom. The number of hydrogen-bond acceptors (Lipinski definition) is 4. The Labute approximate surface area is 138 Å². The van der Waals surface area contributed by atoms with E-state index in [2.05, 4.69) is 27.9 Å². The smallest absolute Gasteiger partial charge is 0.225 e. The van der Waals surface area contributed by atoms with Crippen molar-refractivity contribution in [3.8, 4) is 12.3 Å². The van der Waals surface area contributed by atoms with Gasteiger partial charge in [-0.1, -0.05) is 18.6 Å². The third kappa shape index (κ3) is 6.35. The molecule has 0 aromatic rings. The Balaban J connectivity index is 2.47. The zero-order valence-corrected chi connectivity index (χ0v) is 14.2. The molecule has 1 heterocycles. The Hall–Kier alpha value is -2.61. The van der Waals surface area contributed by atoms with Gasteiger partial charge in [-0.15, -0.1) is 6.42 Å². The lowest BCUT2D eigenvalue weighted by Gasteiger charge is -2.27. The number of allylic oxidation sites excluding steroid dienone is 4. The Morgan fingerprint density at radius 1 is 1.65 bits per heavy atom. The van der Waals surface area contributed by atoms with E-state index in [9.17, 15) is 4.79 Å². The van der Waals surface area contributed by atoms with Crippen LogP contribution in [0.5, 0.6) is 0 Å². The van der Waals surface area contributed by atoms with Crippen LogP contribution in [0.2, 0.25) is 0 Å². The van der Waals surface area contributed by atoms with Gasteiger partial charge in [-0.2, -0.15) is 5.10 Å². The van der Waals surface area contributed by atoms with Gasteiger partial charge in [0, 0.05) is 29.2 Å². The molecule has 122 valence electrons. The van der Waals surface area contributed by atoms with E-state index in [0.717, 1.165) is 11.4 Å². The highest BCUT2D eigenvalue weighted by atomic mass is 16.1. The summed E-state index contributed by atoms with van der Waals surface area (Å²) in [6.45, 7) is 11.4. The van der Waals surface area contributed by atoms with Crippen molar-refractivity contribution in [3.05, 3.63) is 36.1 Å². The maximum Gasteiger partial charge on any atom is 0.225 e. The summed E-state index contributed by atoms with van der Waals surface area (Å²) >= 11 is 0. The minimum absolute atomic E-state index is 0.0593. The standard InChI is InChI=1S/C18H24N4O/c1-7-13(2)8-9-14(3)21-18(23)10-11-19-22-16(5)12-15(4)20-17(22)6/h1,8-9,11-12,14,17H,2,10H2,3-6H3,(H,21,23)/b9-8-,19-11-. The average Bonchev–Trinajstić information content (AvgIpc) is 2.47. The molecule has 0 fully saturated rings. The fourth-order valence-electron chi connectivity index (χ4n) is 2.12. The largest absolute Gasteiger partial charge is 0.350 e. The first kappa shape index (κ1) is 18.4. The summed E-state index contributed by atoms with van der Waals surface area (Å²) in [6.07, 6.45) is 12.4. The highest BCUT2D eigenvalue weighted by Crippen LogP contribution is 2.15. The molecule has 5 heteroatoms. The highest BCUT2D eigenvalue weighted by Gasteiger charge is 2.16. The first-order valence-corrected chi connectivity index (χ1v) is 7.51. The van der Waals surface area contributed by atoms with Crippen molar-refractivity contribution in [1.82, 2.24) is 10.3 Å². The molecule has 0 aliphatic carbocycles. The number of amides is 1. The van der Waals surface area contributed by atoms with Crippen molar-refractivity contribution in [3.63, 3.8) is 0 Å². The fourth-order valence-corrected chi connectivity index (χ4v) is 2.12. The molecule has 0 aromatic carbocycles. The molecule has 0 spiro atoms. The second kappa shape index (κ2) is 8.74. The van der Waals surface area contributed by atoms with E-state index in [0.29, 0.717) is 5.57 Å². The van der Waals surface area contributed by atoms with Gasteiger partial charge in [-0.05, 0) is 39.8 Å². The zero-order valence-electron chi connectivity index (χ0n) is 14.2. The van der Waals surface area contributed by atoms with Crippen molar-refractivity contribution in [2.24, 2.45) is 10.1 Å². The molecule has 5 nitrogen and oxygen atoms in total. The van der Waals surface area contributed by atoms with Crippen LogP contribution in [0.3, 0.4) is 0 Å². The van der Waals surface area contributed by atoms with Gasteiger partial charge in [0.15, 0.2) is 0 Å². The number of carbonyl (C=O) groups is 1. The molecule has 0 bridgehead atoms. The van der Waals surface area contributed by atoms with E-state index < -0.39 is 0 Å². The van der Waals surface area contributed by atoms with Gasteiger partial charge < -0.3 is 5.32 Å². The number of carbonyl (C=O) groups excluding carboxylic acids is 1. The summed E-state index contributed by atoms with van der Waals surface area (Å²) in [6, 6.07) is -0.121. The molecule has 1 amide bonds. The molecular formula is C18H24N4O. The van der Waals surface area contributed by atoms with Gasteiger partial charge in [0.1, 0.15) is 6.17 Å². The van der Waals surface area contributed by atoms with Gasteiger partial charge in [-0.3, -0.25) is 9.79 Å². The van der Waals surface area contributed by atoms with Gasteiger partial charge in [0.05, 0.1) is 6.42 Å². The molecule has 1 N–H and O–H groups in total. The Morgan fingerprint density at radius 2 is 2.35 bits per heavy atom. The van der Waals surface area contributed by atoms with Crippen LogP contribution in [-0.4, -0.2) is 35.0 Å². The van der Waals surface area contributed by atoms with Crippen LogP contribution in [0.4, 0.5) is 0 Å². The van der Waals surface area contributed by atoms with Crippen molar-refractivity contribution < 1.29 is 4.79 Å². The van der Waals surface area contributed by atoms with Gasteiger partial charge in [0.2, 0.25) is 5.91 Å². The van der Waals surface area contributed by atoms with Crippen LogP contribution in [0.15, 0.2) is 46.2 Å². The number of hydrogen-bond donors (Lipinski definition) is 1. The van der Waals surface area contributed by atoms with Crippen molar-refractivity contribution in [2.75, 3.05) is 0 Å². The number of aliphatic imine (C=N–C) groups is 1. The lowest BCUT2D eigenvalue weighted by Crippen LogP contribution is -2.32. The summed E-state index contributed by atoms with van der Waals surface area (Å²) in [5.41, 5.74) is 2.56. The average molecular weight is 312 g/mol. The minimum Gasteiger partial charge on any atom is -0.350 e. The lowest BCUT2D eigenvalue weighted by molar-refractivity contribution is -0.120. The molecule has 2 unspecified atom stereocenters. The summed E-state index contributed by atoms with van der Waals surface area (Å²) in [4.78, 5) is 16.3. The zero-order chi connectivity index (χ0) is 17.4. The summed E-state index contributed by atoms with van der Waals surface area (Å²) in [5, 5.41) is 8.96. The molecule has 0 saturated heterocycles. The number of rotatable bonds is 6. The second-order valence-corrected chi connectivity index (χ2v) is 5.42. The minimum atomic E-state index is -0.121. The molecule has 2 atom stereocenters. The van der Waals surface area contributed by atoms with Gasteiger partial charge in [0.25, 0.3) is 0 Å². The van der Waals surface area contributed by atoms with E-state index in [1.54, 1.807) is 23.4 Å². The normalized spacial score (nSPS) is 19.3. The monoisotopic (exact) mass is 312 g/mol. The summed E-state index contributed by atoms with van der Waals surface area (Å²) < 4.78 is 0. The number of nitrogens with zero attached hydrogens (tertiary/aromatic N) is 3. The number of hydrazone groups is 1. The fraction of sp³-hybridized carbons (Fsp3) is 0.389. The quantitative estimate of drug-likeness (QED) is 0.466. The van der Waals surface area contributed by atoms with Crippen molar-refractivity contribution in [2.45, 2.75) is 46.3 Å². The van der Waals surface area contributed by atoms with Gasteiger partial charge >= 0.3 is 0 Å². The van der Waals surface area contributed by atoms with Crippen LogP contribution in [0.1, 0.15) is 34.1 Å². The molecule has 1 aliphatic rings. The van der Waals surface area contributed by atoms with Crippen molar-refractivity contribution >= 4 is 17.8 Å². The van der Waals surface area contributed by atoms with Crippen LogP contribution in [0.25, 0.3) is 0 Å². The van der Waals surface area contributed by atoms with E-state index in [1.165, 1.54) is 0 Å². The lowest BCUT2D eigenvalue weighted by atomic mass is 10.2.